The maximum atomic E-state index is 12.3. The van der Waals surface area contributed by atoms with Crippen LogP contribution in [0.5, 0.6) is 5.75 Å². The van der Waals surface area contributed by atoms with Gasteiger partial charge in [-0.3, -0.25) is 9.59 Å². The normalized spacial score (nSPS) is 11.3. The third kappa shape index (κ3) is 4.75. The van der Waals surface area contributed by atoms with Crippen molar-refractivity contribution in [3.8, 4) is 5.75 Å². The van der Waals surface area contributed by atoms with Crippen molar-refractivity contribution in [1.82, 2.24) is 5.43 Å². The number of carbonyl (C=O) groups is 2. The lowest BCUT2D eigenvalue weighted by Gasteiger charge is -2.08. The fourth-order valence-electron chi connectivity index (χ4n) is 2.66. The Morgan fingerprint density at radius 3 is 2.50 bits per heavy atom. The van der Waals surface area contributed by atoms with Crippen molar-refractivity contribution in [3.63, 3.8) is 0 Å². The average Bonchev–Trinajstić information content (AvgIpc) is 2.68. The quantitative estimate of drug-likeness (QED) is 0.405. The average molecular weight is 440 g/mol. The van der Waals surface area contributed by atoms with Gasteiger partial charge in [0.25, 0.3) is 5.91 Å². The van der Waals surface area contributed by atoms with Crippen LogP contribution in [0.25, 0.3) is 10.8 Å². The van der Waals surface area contributed by atoms with Crippen molar-refractivity contribution in [3.05, 3.63) is 70.7 Å². The van der Waals surface area contributed by atoms with Crippen LogP contribution < -0.4 is 10.7 Å². The van der Waals surface area contributed by atoms with Crippen LogP contribution in [0.15, 0.2) is 70.2 Å². The number of anilines is 1. The first-order chi connectivity index (χ1) is 13.4. The summed E-state index contributed by atoms with van der Waals surface area (Å²) in [7, 11) is 0. The lowest BCUT2D eigenvalue weighted by Crippen LogP contribution is -2.21. The summed E-state index contributed by atoms with van der Waals surface area (Å²) in [6, 6.07) is 17.7. The number of carbonyl (C=O) groups excluding carboxylic acids is 2. The molecule has 0 bridgehead atoms. The number of nitrogens with zero attached hydrogens (tertiary/aromatic N) is 1. The van der Waals surface area contributed by atoms with E-state index in [2.05, 4.69) is 31.8 Å². The highest BCUT2D eigenvalue weighted by Gasteiger charge is 2.13. The number of hydrogen-bond acceptors (Lipinski definition) is 4. The molecule has 7 heteroatoms. The maximum Gasteiger partial charge on any atom is 0.275 e. The molecule has 0 saturated carbocycles. The number of fused-ring (bicyclic) bond motifs is 1. The summed E-state index contributed by atoms with van der Waals surface area (Å²) >= 11 is 3.33. The molecule has 0 atom stereocenters. The Balaban J connectivity index is 1.62. The number of amides is 2. The van der Waals surface area contributed by atoms with Crippen LogP contribution in [0.2, 0.25) is 0 Å². The van der Waals surface area contributed by atoms with Gasteiger partial charge in [-0.15, -0.1) is 0 Å². The zero-order chi connectivity index (χ0) is 20.1. The van der Waals surface area contributed by atoms with Crippen molar-refractivity contribution in [2.75, 3.05) is 5.32 Å². The van der Waals surface area contributed by atoms with Gasteiger partial charge < -0.3 is 10.4 Å². The van der Waals surface area contributed by atoms with E-state index >= 15 is 0 Å². The molecule has 0 saturated heterocycles. The molecule has 3 rings (SSSR count). The fraction of sp³-hybridized carbons (Fsp3) is 0.0952. The Labute approximate surface area is 170 Å². The van der Waals surface area contributed by atoms with Gasteiger partial charge in [-0.1, -0.05) is 46.3 Å². The Kier molecular flexibility index (Phi) is 6.06. The summed E-state index contributed by atoms with van der Waals surface area (Å²) in [5.74, 6) is -0.890. The Bertz CT molecular complexity index is 1060. The van der Waals surface area contributed by atoms with Crippen LogP contribution in [-0.4, -0.2) is 22.6 Å². The second-order valence-corrected chi connectivity index (χ2v) is 7.12. The highest BCUT2D eigenvalue weighted by atomic mass is 79.9. The molecule has 0 aromatic heterocycles. The molecular weight excluding hydrogens is 422 g/mol. The van der Waals surface area contributed by atoms with Crippen LogP contribution in [0.3, 0.4) is 0 Å². The monoisotopic (exact) mass is 439 g/mol. The van der Waals surface area contributed by atoms with Crippen LogP contribution in [0.4, 0.5) is 5.69 Å². The second-order valence-electron chi connectivity index (χ2n) is 6.20. The predicted molar refractivity (Wildman–Crippen MR) is 114 cm³/mol. The van der Waals surface area contributed by atoms with Crippen molar-refractivity contribution < 1.29 is 14.7 Å². The van der Waals surface area contributed by atoms with Crippen LogP contribution in [0.1, 0.15) is 23.7 Å². The maximum absolute atomic E-state index is 12.3. The molecule has 28 heavy (non-hydrogen) atoms. The highest BCUT2D eigenvalue weighted by molar-refractivity contribution is 9.10. The number of hydrogen-bond donors (Lipinski definition) is 3. The SMILES string of the molecule is CC(CC(=O)Nc1ccc(Br)cc1)=NNC(=O)c1ccc2ccccc2c1O. The molecule has 0 aliphatic carbocycles. The molecule has 2 amide bonds. The van der Waals surface area contributed by atoms with Crippen molar-refractivity contribution >= 4 is 49.9 Å². The summed E-state index contributed by atoms with van der Waals surface area (Å²) < 4.78 is 0.919. The number of benzene rings is 3. The third-order valence-electron chi connectivity index (χ3n) is 4.04. The van der Waals surface area contributed by atoms with Gasteiger partial charge in [0, 0.05) is 21.3 Å². The molecule has 0 aliphatic rings. The molecule has 0 aliphatic heterocycles. The fourth-order valence-corrected chi connectivity index (χ4v) is 2.92. The smallest absolute Gasteiger partial charge is 0.275 e. The molecule has 3 aromatic carbocycles. The first-order valence-electron chi connectivity index (χ1n) is 8.53. The Morgan fingerprint density at radius 2 is 1.75 bits per heavy atom. The van der Waals surface area contributed by atoms with Gasteiger partial charge in [0.1, 0.15) is 5.75 Å². The highest BCUT2D eigenvalue weighted by Crippen LogP contribution is 2.28. The first-order valence-corrected chi connectivity index (χ1v) is 9.33. The number of aromatic hydroxyl groups is 1. The molecule has 0 spiro atoms. The van der Waals surface area contributed by atoms with E-state index in [9.17, 15) is 14.7 Å². The van der Waals surface area contributed by atoms with E-state index in [0.29, 0.717) is 16.8 Å². The number of phenolic OH excluding ortho intramolecular Hbond substituents is 1. The molecule has 0 radical (unpaired) electrons. The van der Waals surface area contributed by atoms with Gasteiger partial charge in [-0.05, 0) is 42.6 Å². The predicted octanol–water partition coefficient (Wildman–Crippen LogP) is 4.44. The molecular formula is C21H18BrN3O3. The first kappa shape index (κ1) is 19.6. The van der Waals surface area contributed by atoms with E-state index in [0.717, 1.165) is 9.86 Å². The zero-order valence-corrected chi connectivity index (χ0v) is 16.7. The van der Waals surface area contributed by atoms with Crippen LogP contribution in [0, 0.1) is 0 Å². The van der Waals surface area contributed by atoms with Gasteiger partial charge >= 0.3 is 0 Å². The third-order valence-corrected chi connectivity index (χ3v) is 4.57. The van der Waals surface area contributed by atoms with Gasteiger partial charge in [0.15, 0.2) is 0 Å². The van der Waals surface area contributed by atoms with E-state index in [-0.39, 0.29) is 23.6 Å². The lowest BCUT2D eigenvalue weighted by atomic mass is 10.1. The summed E-state index contributed by atoms with van der Waals surface area (Å²) in [5.41, 5.74) is 3.61. The van der Waals surface area contributed by atoms with E-state index in [1.165, 1.54) is 6.07 Å². The minimum atomic E-state index is -0.545. The molecule has 3 N–H and O–H groups in total. The number of halogens is 1. The van der Waals surface area contributed by atoms with E-state index < -0.39 is 5.91 Å². The summed E-state index contributed by atoms with van der Waals surface area (Å²) in [6.07, 6.45) is 0.0278. The van der Waals surface area contributed by atoms with Crippen molar-refractivity contribution in [1.29, 1.82) is 0 Å². The summed E-state index contributed by atoms with van der Waals surface area (Å²) in [5, 5.41) is 18.5. The van der Waals surface area contributed by atoms with Crippen molar-refractivity contribution in [2.24, 2.45) is 5.10 Å². The number of hydrazone groups is 1. The second kappa shape index (κ2) is 8.67. The molecule has 3 aromatic rings. The summed E-state index contributed by atoms with van der Waals surface area (Å²) in [6.45, 7) is 1.64. The van der Waals surface area contributed by atoms with E-state index in [1.54, 1.807) is 37.3 Å². The molecule has 0 heterocycles. The number of nitrogens with one attached hydrogen (secondary N) is 2. The lowest BCUT2D eigenvalue weighted by molar-refractivity contribution is -0.115. The van der Waals surface area contributed by atoms with Gasteiger partial charge in [0.2, 0.25) is 5.91 Å². The molecule has 6 nitrogen and oxygen atoms in total. The number of phenols is 1. The van der Waals surface area contributed by atoms with Crippen LogP contribution >= 0.6 is 15.9 Å². The minimum Gasteiger partial charge on any atom is -0.506 e. The van der Waals surface area contributed by atoms with E-state index in [4.69, 9.17) is 0 Å². The largest absolute Gasteiger partial charge is 0.506 e. The van der Waals surface area contributed by atoms with Gasteiger partial charge in [-0.25, -0.2) is 5.43 Å². The van der Waals surface area contributed by atoms with Crippen LogP contribution in [-0.2, 0) is 4.79 Å². The van der Waals surface area contributed by atoms with Gasteiger partial charge in [-0.2, -0.15) is 5.10 Å². The summed E-state index contributed by atoms with van der Waals surface area (Å²) in [4.78, 5) is 24.4. The Hall–Kier alpha value is -3.19. The van der Waals surface area contributed by atoms with Crippen molar-refractivity contribution in [2.45, 2.75) is 13.3 Å². The zero-order valence-electron chi connectivity index (χ0n) is 15.1. The van der Waals surface area contributed by atoms with Gasteiger partial charge in [0.05, 0.1) is 12.0 Å². The standard InChI is InChI=1S/C21H18BrN3O3/c1-13(12-19(26)23-16-9-7-15(22)8-10-16)24-25-21(28)18-11-6-14-4-2-3-5-17(14)20(18)27/h2-11,27H,12H2,1H3,(H,23,26)(H,25,28). The Morgan fingerprint density at radius 1 is 1.04 bits per heavy atom. The number of rotatable bonds is 5. The van der Waals surface area contributed by atoms with E-state index in [1.807, 2.05) is 24.3 Å². The molecule has 0 unspecified atom stereocenters. The molecule has 0 fully saturated rings. The molecule has 142 valence electrons. The topological polar surface area (TPSA) is 90.8 Å². The minimum absolute atomic E-state index is 0.0278.